The summed E-state index contributed by atoms with van der Waals surface area (Å²) >= 11 is 3.34. The summed E-state index contributed by atoms with van der Waals surface area (Å²) < 4.78 is 0.882. The first kappa shape index (κ1) is 13.2. The lowest BCUT2D eigenvalue weighted by Gasteiger charge is -2.09. The molecule has 16 heavy (non-hydrogen) atoms. The second kappa shape index (κ2) is 6.01. The van der Waals surface area contributed by atoms with Gasteiger partial charge in [-0.2, -0.15) is 0 Å². The molecule has 1 N–H and O–H groups in total. The molecule has 88 valence electrons. The van der Waals surface area contributed by atoms with Gasteiger partial charge in [0.25, 0.3) is 5.91 Å². The predicted molar refractivity (Wildman–Crippen MR) is 67.1 cm³/mol. The molecule has 0 atom stereocenters. The number of carbonyl (C=O) groups excluding carboxylic acids is 1. The minimum Gasteiger partial charge on any atom is -0.273 e. The number of hydrogen-bond donors (Lipinski definition) is 1. The Bertz CT molecular complexity index is 377. The Morgan fingerprint density at radius 3 is 2.81 bits per heavy atom. The molecule has 1 amide bonds. The Hall–Kier alpha value is -0.870. The van der Waals surface area contributed by atoms with Crippen molar-refractivity contribution in [2.75, 3.05) is 6.61 Å². The first-order valence-electron chi connectivity index (χ1n) is 5.19. The van der Waals surface area contributed by atoms with Crippen LogP contribution in [-0.4, -0.2) is 12.5 Å². The van der Waals surface area contributed by atoms with Crippen molar-refractivity contribution in [3.63, 3.8) is 0 Å². The Morgan fingerprint density at radius 1 is 1.50 bits per heavy atom. The molecular weight excluding hydrogens is 270 g/mol. The summed E-state index contributed by atoms with van der Waals surface area (Å²) in [6.07, 6.45) is 0. The fraction of sp³-hybridized carbons (Fsp3) is 0.417. The number of benzene rings is 1. The van der Waals surface area contributed by atoms with Crippen LogP contribution in [0.25, 0.3) is 0 Å². The number of halogens is 1. The van der Waals surface area contributed by atoms with Crippen molar-refractivity contribution in [3.05, 3.63) is 33.8 Å². The number of hydrogen-bond acceptors (Lipinski definition) is 2. The Kier molecular flexibility index (Phi) is 4.96. The second-order valence-electron chi connectivity index (χ2n) is 4.10. The van der Waals surface area contributed by atoms with E-state index >= 15 is 0 Å². The van der Waals surface area contributed by atoms with Crippen molar-refractivity contribution in [1.29, 1.82) is 0 Å². The average Bonchev–Trinajstić information content (AvgIpc) is 2.21. The Morgan fingerprint density at radius 2 is 2.19 bits per heavy atom. The van der Waals surface area contributed by atoms with Gasteiger partial charge in [0, 0.05) is 10.0 Å². The maximum Gasteiger partial charge on any atom is 0.275 e. The molecule has 0 aliphatic rings. The summed E-state index contributed by atoms with van der Waals surface area (Å²) in [4.78, 5) is 16.8. The van der Waals surface area contributed by atoms with Crippen molar-refractivity contribution in [2.45, 2.75) is 20.8 Å². The van der Waals surface area contributed by atoms with E-state index in [-0.39, 0.29) is 5.91 Å². The first-order chi connectivity index (χ1) is 7.50. The summed E-state index contributed by atoms with van der Waals surface area (Å²) in [6.45, 7) is 6.45. The molecule has 3 nitrogen and oxygen atoms in total. The van der Waals surface area contributed by atoms with Crippen LogP contribution >= 0.6 is 15.9 Å². The van der Waals surface area contributed by atoms with E-state index < -0.39 is 0 Å². The van der Waals surface area contributed by atoms with Gasteiger partial charge in [-0.15, -0.1) is 0 Å². The third-order valence-electron chi connectivity index (χ3n) is 2.03. The average molecular weight is 286 g/mol. The van der Waals surface area contributed by atoms with Crippen molar-refractivity contribution >= 4 is 21.8 Å². The molecule has 1 aromatic carbocycles. The molecular formula is C12H16BrNO2. The number of rotatable bonds is 4. The van der Waals surface area contributed by atoms with E-state index in [1.54, 1.807) is 6.07 Å². The van der Waals surface area contributed by atoms with Gasteiger partial charge in [-0.1, -0.05) is 35.8 Å². The molecule has 0 radical (unpaired) electrons. The van der Waals surface area contributed by atoms with Gasteiger partial charge in [0.15, 0.2) is 0 Å². The summed E-state index contributed by atoms with van der Waals surface area (Å²) in [5.41, 5.74) is 3.99. The van der Waals surface area contributed by atoms with E-state index in [0.29, 0.717) is 18.1 Å². The van der Waals surface area contributed by atoms with Gasteiger partial charge >= 0.3 is 0 Å². The molecule has 0 aliphatic heterocycles. The first-order valence-corrected chi connectivity index (χ1v) is 5.98. The van der Waals surface area contributed by atoms with E-state index in [0.717, 1.165) is 10.0 Å². The fourth-order valence-electron chi connectivity index (χ4n) is 1.17. The smallest absolute Gasteiger partial charge is 0.273 e. The van der Waals surface area contributed by atoms with E-state index in [1.807, 2.05) is 32.9 Å². The second-order valence-corrected chi connectivity index (χ2v) is 5.01. The maximum absolute atomic E-state index is 11.7. The highest BCUT2D eigenvalue weighted by molar-refractivity contribution is 9.10. The summed E-state index contributed by atoms with van der Waals surface area (Å²) in [6, 6.07) is 5.58. The monoisotopic (exact) mass is 285 g/mol. The highest BCUT2D eigenvalue weighted by atomic mass is 79.9. The van der Waals surface area contributed by atoms with Crippen LogP contribution < -0.4 is 5.48 Å². The molecule has 0 saturated carbocycles. The molecule has 0 bridgehead atoms. The topological polar surface area (TPSA) is 38.3 Å². The molecule has 1 rings (SSSR count). The minimum atomic E-state index is -0.209. The number of amides is 1. The standard InChI is InChI=1S/C12H16BrNO2/c1-8(2)7-16-14-12(15)11-6-10(13)5-4-9(11)3/h4-6,8H,7H2,1-3H3,(H,14,15). The van der Waals surface area contributed by atoms with Crippen LogP contribution in [0.1, 0.15) is 29.8 Å². The van der Waals surface area contributed by atoms with E-state index in [2.05, 4.69) is 21.4 Å². The molecule has 0 aromatic heterocycles. The summed E-state index contributed by atoms with van der Waals surface area (Å²) in [5.74, 6) is 0.184. The van der Waals surface area contributed by atoms with E-state index in [1.165, 1.54) is 0 Å². The molecule has 0 spiro atoms. The molecule has 0 unspecified atom stereocenters. The zero-order chi connectivity index (χ0) is 12.1. The number of nitrogens with one attached hydrogen (secondary N) is 1. The molecule has 0 fully saturated rings. The van der Waals surface area contributed by atoms with Crippen LogP contribution in [-0.2, 0) is 4.84 Å². The van der Waals surface area contributed by atoms with Crippen molar-refractivity contribution in [3.8, 4) is 0 Å². The van der Waals surface area contributed by atoms with Crippen LogP contribution in [0.15, 0.2) is 22.7 Å². The Labute approximate surface area is 104 Å². The van der Waals surface area contributed by atoms with Gasteiger partial charge in [0.1, 0.15) is 0 Å². The van der Waals surface area contributed by atoms with Gasteiger partial charge in [0.05, 0.1) is 6.61 Å². The highest BCUT2D eigenvalue weighted by Crippen LogP contribution is 2.15. The van der Waals surface area contributed by atoms with Crippen LogP contribution in [0.5, 0.6) is 0 Å². The highest BCUT2D eigenvalue weighted by Gasteiger charge is 2.09. The summed E-state index contributed by atoms with van der Waals surface area (Å²) in [7, 11) is 0. The van der Waals surface area contributed by atoms with Gasteiger partial charge < -0.3 is 0 Å². The fourth-order valence-corrected chi connectivity index (χ4v) is 1.53. The SMILES string of the molecule is Cc1ccc(Br)cc1C(=O)NOCC(C)C. The zero-order valence-corrected chi connectivity index (χ0v) is 11.3. The number of carbonyl (C=O) groups is 1. The third kappa shape index (κ3) is 3.94. The van der Waals surface area contributed by atoms with Crippen LogP contribution in [0.2, 0.25) is 0 Å². The third-order valence-corrected chi connectivity index (χ3v) is 2.52. The van der Waals surface area contributed by atoms with Crippen LogP contribution in [0.4, 0.5) is 0 Å². The molecule has 0 aliphatic carbocycles. The maximum atomic E-state index is 11.7. The van der Waals surface area contributed by atoms with Gasteiger partial charge in [0.2, 0.25) is 0 Å². The zero-order valence-electron chi connectivity index (χ0n) is 9.71. The van der Waals surface area contributed by atoms with Crippen molar-refractivity contribution in [1.82, 2.24) is 5.48 Å². The quantitative estimate of drug-likeness (QED) is 0.864. The number of hydroxylamine groups is 1. The van der Waals surface area contributed by atoms with Crippen molar-refractivity contribution < 1.29 is 9.63 Å². The van der Waals surface area contributed by atoms with Gasteiger partial charge in [-0.25, -0.2) is 5.48 Å². The Balaban J connectivity index is 2.62. The van der Waals surface area contributed by atoms with Crippen LogP contribution in [0.3, 0.4) is 0 Å². The predicted octanol–water partition coefficient (Wildman–Crippen LogP) is 3.07. The molecule has 0 heterocycles. The van der Waals surface area contributed by atoms with E-state index in [4.69, 9.17) is 4.84 Å². The summed E-state index contributed by atoms with van der Waals surface area (Å²) in [5, 5.41) is 0. The number of aryl methyl sites for hydroxylation is 1. The normalized spacial score (nSPS) is 10.6. The van der Waals surface area contributed by atoms with Crippen LogP contribution in [0, 0.1) is 12.8 Å². The lowest BCUT2D eigenvalue weighted by atomic mass is 10.1. The lowest BCUT2D eigenvalue weighted by molar-refractivity contribution is 0.0208. The largest absolute Gasteiger partial charge is 0.275 e. The van der Waals surface area contributed by atoms with E-state index in [9.17, 15) is 4.79 Å². The van der Waals surface area contributed by atoms with Gasteiger partial charge in [-0.3, -0.25) is 9.63 Å². The molecule has 0 saturated heterocycles. The minimum absolute atomic E-state index is 0.209. The molecule has 1 aromatic rings. The lowest BCUT2D eigenvalue weighted by Crippen LogP contribution is -2.26. The van der Waals surface area contributed by atoms with Crippen molar-refractivity contribution in [2.24, 2.45) is 5.92 Å². The van der Waals surface area contributed by atoms with Gasteiger partial charge in [-0.05, 0) is 30.5 Å². The molecule has 4 heteroatoms.